The average Bonchev–Trinajstić information content (AvgIpc) is 2.57. The van der Waals surface area contributed by atoms with Crippen LogP contribution in [0.25, 0.3) is 0 Å². The van der Waals surface area contributed by atoms with Gasteiger partial charge in [-0.2, -0.15) is 10.5 Å². The molecule has 26 heavy (non-hydrogen) atoms. The lowest BCUT2D eigenvalue weighted by Gasteiger charge is -2.27. The highest BCUT2D eigenvalue weighted by Gasteiger charge is 2.18. The molecule has 2 atom stereocenters. The number of anilines is 3. The van der Waals surface area contributed by atoms with E-state index in [1.54, 1.807) is 6.20 Å². The zero-order valence-corrected chi connectivity index (χ0v) is 16.9. The second-order valence-corrected chi connectivity index (χ2v) is 7.83. The number of hydrogen-bond acceptors (Lipinski definition) is 6. The van der Waals surface area contributed by atoms with Gasteiger partial charge in [0.15, 0.2) is 0 Å². The van der Waals surface area contributed by atoms with E-state index in [1.165, 1.54) is 0 Å². The quantitative estimate of drug-likeness (QED) is 0.392. The first-order valence-electron chi connectivity index (χ1n) is 8.55. The van der Waals surface area contributed by atoms with Crippen LogP contribution in [0.1, 0.15) is 34.6 Å². The van der Waals surface area contributed by atoms with Gasteiger partial charge in [0, 0.05) is 24.0 Å². The number of aromatic nitrogens is 2. The maximum Gasteiger partial charge on any atom is 0.229 e. The predicted octanol–water partition coefficient (Wildman–Crippen LogP) is 1.89. The van der Waals surface area contributed by atoms with E-state index in [4.69, 9.17) is 12.7 Å². The van der Waals surface area contributed by atoms with Gasteiger partial charge in [-0.3, -0.25) is 4.84 Å². The van der Waals surface area contributed by atoms with Gasteiger partial charge in [0.25, 0.3) is 0 Å². The van der Waals surface area contributed by atoms with Crippen LogP contribution in [0.2, 0.25) is 0 Å². The molecule has 8 heteroatoms. The second kappa shape index (κ2) is 8.75. The maximum atomic E-state index is 6.02. The number of hydroxylamine groups is 1. The van der Waals surface area contributed by atoms with Gasteiger partial charge in [0.2, 0.25) is 5.95 Å². The minimum atomic E-state index is -0.260. The van der Waals surface area contributed by atoms with Crippen LogP contribution >= 0.6 is 0 Å². The fraction of sp³-hybridized carbons (Fsp3) is 0.444. The van der Waals surface area contributed by atoms with Gasteiger partial charge < -0.3 is 10.6 Å². The molecule has 0 bridgehead atoms. The van der Waals surface area contributed by atoms with Crippen LogP contribution in [0.4, 0.5) is 17.5 Å². The number of hydrogen-bond donors (Lipinski definition) is 3. The molecule has 0 aliphatic carbocycles. The summed E-state index contributed by atoms with van der Waals surface area (Å²) in [6.45, 7) is 10.0. The Morgan fingerprint density at radius 2 is 1.77 bits per heavy atom. The van der Waals surface area contributed by atoms with Crippen LogP contribution in [0.5, 0.6) is 0 Å². The predicted molar refractivity (Wildman–Crippen MR) is 112 cm³/mol. The number of nitrogens with one attached hydrogen (secondary N) is 3. The summed E-state index contributed by atoms with van der Waals surface area (Å²) >= 11 is 3.47. The van der Waals surface area contributed by atoms with Gasteiger partial charge in [-0.15, -0.1) is 0 Å². The lowest BCUT2D eigenvalue weighted by Crippen LogP contribution is -2.44. The lowest BCUT2D eigenvalue weighted by atomic mass is 9.98. The normalized spacial score (nSPS) is 13.9. The van der Waals surface area contributed by atoms with Crippen LogP contribution in [0.15, 0.2) is 35.4 Å². The van der Waals surface area contributed by atoms with E-state index in [-0.39, 0.29) is 17.7 Å². The third-order valence-corrected chi connectivity index (χ3v) is 3.96. The third-order valence-electron chi connectivity index (χ3n) is 3.62. The van der Waals surface area contributed by atoms with Crippen LogP contribution in [0, 0.1) is 0 Å². The molecule has 0 spiro atoms. The SMILES string of the molecule is [B]c1cnc(Nc2ccc([SH2+])cc2)nc1NC(C)C(C)NOC(C)(C)C. The Kier molecular flexibility index (Phi) is 6.91. The van der Waals surface area contributed by atoms with Crippen molar-refractivity contribution in [3.05, 3.63) is 30.5 Å². The molecule has 138 valence electrons. The zero-order chi connectivity index (χ0) is 19.3. The molecule has 3 N–H and O–H groups in total. The summed E-state index contributed by atoms with van der Waals surface area (Å²) in [5.74, 6) is 1.05. The fourth-order valence-electron chi connectivity index (χ4n) is 1.96. The molecule has 1 heterocycles. The van der Waals surface area contributed by atoms with Crippen LogP contribution in [0.3, 0.4) is 0 Å². The molecule has 0 fully saturated rings. The molecule has 2 unspecified atom stereocenters. The van der Waals surface area contributed by atoms with Crippen molar-refractivity contribution < 1.29 is 4.84 Å². The maximum absolute atomic E-state index is 6.02. The molecule has 2 radical (unpaired) electrons. The Hall–Kier alpha value is -1.77. The molecule has 1 aromatic carbocycles. The molecule has 1 aromatic heterocycles. The largest absolute Gasteiger partial charge is 0.366 e. The van der Waals surface area contributed by atoms with Gasteiger partial charge in [-0.1, -0.05) is 0 Å². The van der Waals surface area contributed by atoms with Crippen molar-refractivity contribution in [3.8, 4) is 0 Å². The van der Waals surface area contributed by atoms with Crippen molar-refractivity contribution in [2.45, 2.75) is 57.2 Å². The van der Waals surface area contributed by atoms with Gasteiger partial charge in [0.1, 0.15) is 18.6 Å². The van der Waals surface area contributed by atoms with E-state index in [1.807, 2.05) is 58.9 Å². The van der Waals surface area contributed by atoms with Crippen molar-refractivity contribution in [2.75, 3.05) is 10.6 Å². The van der Waals surface area contributed by atoms with Crippen LogP contribution in [-0.4, -0.2) is 35.5 Å². The summed E-state index contributed by atoms with van der Waals surface area (Å²) in [5.41, 5.74) is 4.18. The topological polar surface area (TPSA) is 71.1 Å². The molecule has 0 saturated carbocycles. The molecule has 0 aliphatic rings. The summed E-state index contributed by atoms with van der Waals surface area (Å²) in [6.07, 6.45) is 1.59. The van der Waals surface area contributed by atoms with Gasteiger partial charge >= 0.3 is 0 Å². The lowest BCUT2D eigenvalue weighted by molar-refractivity contribution is -0.0873. The average molecular weight is 372 g/mol. The Bertz CT molecular complexity index is 721. The summed E-state index contributed by atoms with van der Waals surface area (Å²) in [7, 11) is 6.02. The van der Waals surface area contributed by atoms with Gasteiger partial charge in [0.05, 0.1) is 5.60 Å². The molecule has 2 rings (SSSR count). The Labute approximate surface area is 162 Å². The highest BCUT2D eigenvalue weighted by atomic mass is 32.1. The minimum absolute atomic E-state index is 0.0369. The number of benzene rings is 1. The molecular weight excluding hydrogens is 345 g/mol. The third kappa shape index (κ3) is 6.51. The van der Waals surface area contributed by atoms with Crippen molar-refractivity contribution in [1.82, 2.24) is 15.4 Å². The summed E-state index contributed by atoms with van der Waals surface area (Å²) in [5, 5.41) is 6.48. The standard InChI is InChI=1S/C18H26BN5OS/c1-11(12(2)24-25-18(3,4)5)21-16-15(19)10-20-17(23-16)22-13-6-8-14(26)9-7-13/h6-12,24,26H,1-5H3,(H2,20,21,22,23)/p+1. The van der Waals surface area contributed by atoms with Crippen molar-refractivity contribution in [2.24, 2.45) is 0 Å². The minimum Gasteiger partial charge on any atom is -0.366 e. The Morgan fingerprint density at radius 1 is 1.12 bits per heavy atom. The fourth-order valence-corrected chi connectivity index (χ4v) is 2.13. The molecule has 2 aromatic rings. The summed E-state index contributed by atoms with van der Waals surface area (Å²) in [6, 6.07) is 7.85. The first-order chi connectivity index (χ1) is 12.1. The van der Waals surface area contributed by atoms with E-state index in [0.29, 0.717) is 17.2 Å². The van der Waals surface area contributed by atoms with E-state index >= 15 is 0 Å². The van der Waals surface area contributed by atoms with E-state index in [0.717, 1.165) is 10.6 Å². The first-order valence-corrected chi connectivity index (χ1v) is 9.05. The second-order valence-electron chi connectivity index (χ2n) is 7.25. The smallest absolute Gasteiger partial charge is 0.229 e. The van der Waals surface area contributed by atoms with Crippen molar-refractivity contribution >= 4 is 43.4 Å². The molecule has 6 nitrogen and oxygen atoms in total. The molecule has 0 saturated heterocycles. The highest BCUT2D eigenvalue weighted by Crippen LogP contribution is 2.15. The van der Waals surface area contributed by atoms with Crippen LogP contribution in [-0.2, 0) is 17.5 Å². The summed E-state index contributed by atoms with van der Waals surface area (Å²) < 4.78 is 0. The van der Waals surface area contributed by atoms with Crippen molar-refractivity contribution in [3.63, 3.8) is 0 Å². The van der Waals surface area contributed by atoms with E-state index in [9.17, 15) is 0 Å². The number of rotatable bonds is 7. The van der Waals surface area contributed by atoms with Gasteiger partial charge in [-0.25, -0.2) is 4.98 Å². The Morgan fingerprint density at radius 3 is 2.38 bits per heavy atom. The highest BCUT2D eigenvalue weighted by molar-refractivity contribution is 7.58. The van der Waals surface area contributed by atoms with Gasteiger partial charge in [-0.05, 0) is 77.0 Å². The van der Waals surface area contributed by atoms with E-state index < -0.39 is 0 Å². The molecule has 0 amide bonds. The molecular formula is C18H27BN5OS+. The number of nitrogens with zero attached hydrogens (tertiary/aromatic N) is 2. The zero-order valence-electron chi connectivity index (χ0n) is 15.9. The van der Waals surface area contributed by atoms with E-state index in [2.05, 4.69) is 38.7 Å². The molecule has 0 aliphatic heterocycles. The first kappa shape index (κ1) is 20.5. The van der Waals surface area contributed by atoms with Crippen LogP contribution < -0.4 is 21.6 Å². The van der Waals surface area contributed by atoms with Crippen molar-refractivity contribution in [1.29, 1.82) is 0 Å². The monoisotopic (exact) mass is 372 g/mol. The Balaban J connectivity index is 2.03. The summed E-state index contributed by atoms with van der Waals surface area (Å²) in [4.78, 5) is 15.3.